The molecule has 0 aliphatic rings. The number of rotatable bonds is 1. The van der Waals surface area contributed by atoms with Crippen LogP contribution in [0.2, 0.25) is 0 Å². The number of aromatic nitrogens is 1. The summed E-state index contributed by atoms with van der Waals surface area (Å²) in [7, 11) is 2.15. The first kappa shape index (κ1) is 12.3. The molecule has 2 heteroatoms. The number of benzene rings is 3. The number of fused-ring (bicyclic) bond motifs is 3. The molecular weight excluding hydrogens is 253 g/mol. The van der Waals surface area contributed by atoms with Crippen molar-refractivity contribution in [1.29, 1.82) is 0 Å². The third-order valence-corrected chi connectivity index (χ3v) is 4.18. The van der Waals surface area contributed by atoms with Crippen LogP contribution >= 0.6 is 0 Å². The lowest BCUT2D eigenvalue weighted by atomic mass is 9.94. The van der Waals surface area contributed by atoms with Gasteiger partial charge in [-0.1, -0.05) is 54.0 Å². The van der Waals surface area contributed by atoms with Crippen molar-refractivity contribution in [3.63, 3.8) is 0 Å². The molecule has 1 heterocycles. The maximum absolute atomic E-state index is 2.37. The highest BCUT2D eigenvalue weighted by molar-refractivity contribution is 6.33. The highest BCUT2D eigenvalue weighted by Crippen LogP contribution is 2.32. The fourth-order valence-electron chi connectivity index (χ4n) is 3.16. The van der Waals surface area contributed by atoms with E-state index in [2.05, 4.69) is 86.1 Å². The number of aryl methyl sites for hydroxylation is 1. The molecule has 0 saturated heterocycles. The predicted octanol–water partition coefficient (Wildman–Crippen LogP) is 3.35. The van der Waals surface area contributed by atoms with Gasteiger partial charge in [-0.25, -0.2) is 0 Å². The van der Waals surface area contributed by atoms with Gasteiger partial charge >= 0.3 is 0 Å². The molecule has 21 heavy (non-hydrogen) atoms. The largest absolute Gasteiger partial charge is 0.309 e. The van der Waals surface area contributed by atoms with Crippen LogP contribution in [-0.4, -0.2) is 12.4 Å². The summed E-state index contributed by atoms with van der Waals surface area (Å²) in [5.41, 5.74) is 6.40. The van der Waals surface area contributed by atoms with Crippen molar-refractivity contribution in [2.45, 2.75) is 6.92 Å². The number of para-hydroxylation sites is 2. The van der Waals surface area contributed by atoms with Gasteiger partial charge in [-0.3, -0.25) is 0 Å². The van der Waals surface area contributed by atoms with E-state index in [1.165, 1.54) is 38.5 Å². The molecule has 4 aromatic rings. The van der Waals surface area contributed by atoms with E-state index < -0.39 is 0 Å². The summed E-state index contributed by atoms with van der Waals surface area (Å²) in [5, 5.41) is 2.65. The minimum Gasteiger partial charge on any atom is -0.309 e. The molecular formula is C19H16BN. The molecule has 0 spiro atoms. The van der Waals surface area contributed by atoms with Crippen molar-refractivity contribution in [3.8, 4) is 5.69 Å². The molecule has 0 N–H and O–H groups in total. The van der Waals surface area contributed by atoms with Crippen molar-refractivity contribution < 1.29 is 0 Å². The van der Waals surface area contributed by atoms with E-state index in [1.54, 1.807) is 0 Å². The first-order valence-corrected chi connectivity index (χ1v) is 7.31. The molecule has 0 unspecified atom stereocenters. The molecule has 0 atom stereocenters. The Bertz CT molecular complexity index is 966. The molecule has 0 aliphatic carbocycles. The first-order valence-electron chi connectivity index (χ1n) is 7.31. The minimum atomic E-state index is 1.26. The molecule has 0 bridgehead atoms. The average Bonchev–Trinajstić information content (AvgIpc) is 2.82. The van der Waals surface area contributed by atoms with Crippen LogP contribution in [0.15, 0.2) is 66.7 Å². The van der Waals surface area contributed by atoms with Crippen LogP contribution in [0.3, 0.4) is 0 Å². The van der Waals surface area contributed by atoms with Crippen molar-refractivity contribution in [2.75, 3.05) is 0 Å². The van der Waals surface area contributed by atoms with Gasteiger partial charge in [0.25, 0.3) is 0 Å². The fourth-order valence-corrected chi connectivity index (χ4v) is 3.16. The van der Waals surface area contributed by atoms with Gasteiger partial charge in [0.1, 0.15) is 7.85 Å². The van der Waals surface area contributed by atoms with E-state index in [0.717, 1.165) is 0 Å². The molecule has 1 aromatic heterocycles. The van der Waals surface area contributed by atoms with Gasteiger partial charge in [0, 0.05) is 16.5 Å². The van der Waals surface area contributed by atoms with Crippen molar-refractivity contribution in [1.82, 2.24) is 4.57 Å². The van der Waals surface area contributed by atoms with E-state index in [4.69, 9.17) is 0 Å². The van der Waals surface area contributed by atoms with Gasteiger partial charge < -0.3 is 4.57 Å². The Labute approximate surface area is 125 Å². The van der Waals surface area contributed by atoms with E-state index in [1.807, 2.05) is 0 Å². The molecule has 4 rings (SSSR count). The van der Waals surface area contributed by atoms with E-state index in [9.17, 15) is 0 Å². The lowest BCUT2D eigenvalue weighted by Gasteiger charge is -2.10. The topological polar surface area (TPSA) is 4.93 Å². The van der Waals surface area contributed by atoms with Gasteiger partial charge in [0.2, 0.25) is 0 Å². The summed E-state index contributed by atoms with van der Waals surface area (Å²) in [6.07, 6.45) is 0. The van der Waals surface area contributed by atoms with Crippen LogP contribution in [0.4, 0.5) is 0 Å². The zero-order valence-corrected chi connectivity index (χ0v) is 12.3. The van der Waals surface area contributed by atoms with E-state index >= 15 is 0 Å². The third kappa shape index (κ3) is 1.79. The second-order valence-corrected chi connectivity index (χ2v) is 5.66. The van der Waals surface area contributed by atoms with E-state index in [-0.39, 0.29) is 0 Å². The molecule has 0 fully saturated rings. The Morgan fingerprint density at radius 1 is 0.762 bits per heavy atom. The predicted molar refractivity (Wildman–Crippen MR) is 93.7 cm³/mol. The van der Waals surface area contributed by atoms with Crippen LogP contribution in [0.1, 0.15) is 5.56 Å². The van der Waals surface area contributed by atoms with Gasteiger partial charge in [0.15, 0.2) is 0 Å². The maximum atomic E-state index is 2.37. The van der Waals surface area contributed by atoms with Crippen molar-refractivity contribution in [2.24, 2.45) is 0 Å². The van der Waals surface area contributed by atoms with Gasteiger partial charge in [0.05, 0.1) is 11.0 Å². The quantitative estimate of drug-likeness (QED) is 0.467. The molecule has 0 aliphatic heterocycles. The second-order valence-electron chi connectivity index (χ2n) is 5.66. The second kappa shape index (κ2) is 4.52. The van der Waals surface area contributed by atoms with Crippen LogP contribution < -0.4 is 5.46 Å². The highest BCUT2D eigenvalue weighted by Gasteiger charge is 2.12. The monoisotopic (exact) mass is 269 g/mol. The highest BCUT2D eigenvalue weighted by atomic mass is 15.0. The molecule has 3 aromatic carbocycles. The first-order chi connectivity index (χ1) is 10.3. The summed E-state index contributed by atoms with van der Waals surface area (Å²) < 4.78 is 2.37. The molecule has 0 amide bonds. The van der Waals surface area contributed by atoms with Crippen LogP contribution in [-0.2, 0) is 0 Å². The summed E-state index contributed by atoms with van der Waals surface area (Å²) in [4.78, 5) is 0. The Kier molecular flexibility index (Phi) is 2.65. The number of hydrogen-bond donors (Lipinski definition) is 0. The minimum absolute atomic E-state index is 1.26. The zero-order valence-electron chi connectivity index (χ0n) is 12.3. The van der Waals surface area contributed by atoms with Gasteiger partial charge in [-0.2, -0.15) is 0 Å². The fraction of sp³-hybridized carbons (Fsp3) is 0.0526. The third-order valence-electron chi connectivity index (χ3n) is 4.18. The SMILES string of the molecule is Bc1ccc2c(c1)c1ccccc1n2-c1ccccc1C. The summed E-state index contributed by atoms with van der Waals surface area (Å²) in [5.74, 6) is 0. The van der Waals surface area contributed by atoms with Crippen LogP contribution in [0.25, 0.3) is 27.5 Å². The summed E-state index contributed by atoms with van der Waals surface area (Å²) in [6, 6.07) is 23.9. The molecule has 100 valence electrons. The standard InChI is InChI=1S/C19H16BN/c1-13-6-2-4-8-17(13)21-18-9-5-3-7-15(18)16-12-14(20)10-11-19(16)21/h2-12H,20H2,1H3. The Morgan fingerprint density at radius 2 is 1.48 bits per heavy atom. The zero-order chi connectivity index (χ0) is 14.4. The summed E-state index contributed by atoms with van der Waals surface area (Å²) >= 11 is 0. The Balaban J connectivity index is 2.23. The van der Waals surface area contributed by atoms with Crippen LogP contribution in [0.5, 0.6) is 0 Å². The summed E-state index contributed by atoms with van der Waals surface area (Å²) in [6.45, 7) is 2.17. The maximum Gasteiger partial charge on any atom is 0.139 e. The Morgan fingerprint density at radius 3 is 2.33 bits per heavy atom. The normalized spacial score (nSPS) is 11.3. The Hall–Kier alpha value is -2.48. The van der Waals surface area contributed by atoms with E-state index in [0.29, 0.717) is 0 Å². The molecule has 0 radical (unpaired) electrons. The number of nitrogens with zero attached hydrogens (tertiary/aromatic N) is 1. The van der Waals surface area contributed by atoms with Gasteiger partial charge in [-0.15, -0.1) is 0 Å². The molecule has 0 saturated carbocycles. The lowest BCUT2D eigenvalue weighted by Crippen LogP contribution is -2.01. The van der Waals surface area contributed by atoms with Crippen molar-refractivity contribution in [3.05, 3.63) is 72.3 Å². The van der Waals surface area contributed by atoms with Crippen LogP contribution in [0, 0.1) is 6.92 Å². The molecule has 1 nitrogen and oxygen atoms in total. The number of hydrogen-bond acceptors (Lipinski definition) is 0. The lowest BCUT2D eigenvalue weighted by molar-refractivity contribution is 1.15. The van der Waals surface area contributed by atoms with Crippen molar-refractivity contribution >= 4 is 35.1 Å². The average molecular weight is 269 g/mol. The smallest absolute Gasteiger partial charge is 0.139 e. The van der Waals surface area contributed by atoms with Gasteiger partial charge in [-0.05, 0) is 30.7 Å².